The highest BCUT2D eigenvalue weighted by molar-refractivity contribution is 14.0. The Morgan fingerprint density at radius 3 is 2.41 bits per heavy atom. The van der Waals surface area contributed by atoms with E-state index in [1.165, 1.54) is 64.2 Å². The Labute approximate surface area is 181 Å². The van der Waals surface area contributed by atoms with Crippen molar-refractivity contribution in [1.82, 2.24) is 25.4 Å². The van der Waals surface area contributed by atoms with E-state index >= 15 is 0 Å². The third-order valence-electron chi connectivity index (χ3n) is 6.21. The number of nitrogens with one attached hydrogen (secondary N) is 2. The summed E-state index contributed by atoms with van der Waals surface area (Å²) in [7, 11) is 2.01. The van der Waals surface area contributed by atoms with Crippen LogP contribution in [0, 0.1) is 12.8 Å². The first-order chi connectivity index (χ1) is 12.7. The fraction of sp³-hybridized carbons (Fsp3) is 0.850. The fourth-order valence-electron chi connectivity index (χ4n) is 4.30. The lowest BCUT2D eigenvalue weighted by molar-refractivity contribution is 0.296. The highest BCUT2D eigenvalue weighted by Crippen LogP contribution is 2.26. The fourth-order valence-corrected chi connectivity index (χ4v) is 4.30. The van der Waals surface area contributed by atoms with Gasteiger partial charge in [0.15, 0.2) is 11.8 Å². The van der Waals surface area contributed by atoms with Crippen LogP contribution in [0.5, 0.6) is 0 Å². The van der Waals surface area contributed by atoms with Gasteiger partial charge in [-0.2, -0.15) is 0 Å². The van der Waals surface area contributed by atoms with Gasteiger partial charge in [-0.25, -0.2) is 4.99 Å². The number of halogens is 1. The maximum atomic E-state index is 4.88. The Morgan fingerprint density at radius 1 is 1.04 bits per heavy atom. The predicted octanol–water partition coefficient (Wildman–Crippen LogP) is 4.08. The molecule has 2 N–H and O–H groups in total. The number of hydrogen-bond donors (Lipinski definition) is 2. The second-order valence-corrected chi connectivity index (χ2v) is 8.15. The lowest BCUT2D eigenvalue weighted by Crippen LogP contribution is -2.49. The molecule has 0 radical (unpaired) electrons. The number of nitrogens with zero attached hydrogens (tertiary/aromatic N) is 4. The van der Waals surface area contributed by atoms with Gasteiger partial charge in [-0.3, -0.25) is 0 Å². The van der Waals surface area contributed by atoms with Crippen molar-refractivity contribution in [1.29, 1.82) is 0 Å². The standard InChI is InChI=1S/C20H36N6.HI/c1-4-16-9-8-12-18(13-16)23-20(22-17-10-6-5-7-11-17)21-14-19-25-24-15(2)26(19)3;/h16-18H,4-14H2,1-3H3,(H2,21,22,23);1H. The van der Waals surface area contributed by atoms with E-state index in [0.717, 1.165) is 23.5 Å². The molecule has 0 saturated heterocycles. The van der Waals surface area contributed by atoms with Gasteiger partial charge in [-0.15, -0.1) is 34.2 Å². The van der Waals surface area contributed by atoms with Gasteiger partial charge in [0.2, 0.25) is 0 Å². The van der Waals surface area contributed by atoms with E-state index in [1.54, 1.807) is 0 Å². The molecule has 0 aliphatic heterocycles. The van der Waals surface area contributed by atoms with Crippen LogP contribution in [-0.2, 0) is 13.6 Å². The molecule has 0 amide bonds. The summed E-state index contributed by atoms with van der Waals surface area (Å²) in [6.45, 7) is 4.87. The number of aromatic nitrogens is 3. The zero-order valence-electron chi connectivity index (χ0n) is 17.2. The molecule has 3 rings (SSSR count). The molecule has 2 unspecified atom stereocenters. The lowest BCUT2D eigenvalue weighted by Gasteiger charge is -2.32. The summed E-state index contributed by atoms with van der Waals surface area (Å²) >= 11 is 0. The maximum absolute atomic E-state index is 4.88. The summed E-state index contributed by atoms with van der Waals surface area (Å²) in [6.07, 6.45) is 13.1. The minimum atomic E-state index is 0. The lowest BCUT2D eigenvalue weighted by atomic mass is 9.84. The van der Waals surface area contributed by atoms with Crippen LogP contribution in [0.4, 0.5) is 0 Å². The summed E-state index contributed by atoms with van der Waals surface area (Å²) in [5, 5.41) is 15.9. The van der Waals surface area contributed by atoms with Gasteiger partial charge in [-0.05, 0) is 38.5 Å². The van der Waals surface area contributed by atoms with Crippen molar-refractivity contribution >= 4 is 29.9 Å². The SMILES string of the molecule is CCC1CCCC(NC(=NCc2nnc(C)n2C)NC2CCCCC2)C1.I. The minimum absolute atomic E-state index is 0. The zero-order valence-corrected chi connectivity index (χ0v) is 19.5. The molecule has 2 aliphatic rings. The average molecular weight is 488 g/mol. The number of aryl methyl sites for hydroxylation is 1. The van der Waals surface area contributed by atoms with E-state index < -0.39 is 0 Å². The van der Waals surface area contributed by atoms with Crippen molar-refractivity contribution in [3.05, 3.63) is 11.6 Å². The van der Waals surface area contributed by atoms with Crippen LogP contribution in [0.1, 0.15) is 82.8 Å². The van der Waals surface area contributed by atoms with Crippen LogP contribution in [0.3, 0.4) is 0 Å². The van der Waals surface area contributed by atoms with E-state index in [4.69, 9.17) is 4.99 Å². The molecule has 2 atom stereocenters. The Morgan fingerprint density at radius 2 is 1.74 bits per heavy atom. The number of rotatable bonds is 5. The molecular formula is C20H37IN6. The van der Waals surface area contributed by atoms with Gasteiger partial charge >= 0.3 is 0 Å². The zero-order chi connectivity index (χ0) is 18.4. The Bertz CT molecular complexity index is 593. The summed E-state index contributed by atoms with van der Waals surface area (Å²) < 4.78 is 2.02. The molecule has 1 heterocycles. The maximum Gasteiger partial charge on any atom is 0.192 e. The molecule has 1 aromatic heterocycles. The summed E-state index contributed by atoms with van der Waals surface area (Å²) in [5.41, 5.74) is 0. The molecule has 0 spiro atoms. The van der Waals surface area contributed by atoms with Gasteiger partial charge in [0, 0.05) is 19.1 Å². The van der Waals surface area contributed by atoms with Crippen LogP contribution in [0.15, 0.2) is 4.99 Å². The summed E-state index contributed by atoms with van der Waals surface area (Å²) in [4.78, 5) is 4.88. The smallest absolute Gasteiger partial charge is 0.192 e. The summed E-state index contributed by atoms with van der Waals surface area (Å²) in [5.74, 6) is 3.68. The molecule has 7 heteroatoms. The van der Waals surface area contributed by atoms with Crippen molar-refractivity contribution in [2.45, 2.75) is 96.7 Å². The quantitative estimate of drug-likeness (QED) is 0.373. The molecule has 0 bridgehead atoms. The highest BCUT2D eigenvalue weighted by atomic mass is 127. The predicted molar refractivity (Wildman–Crippen MR) is 121 cm³/mol. The third-order valence-corrected chi connectivity index (χ3v) is 6.21. The van der Waals surface area contributed by atoms with E-state index in [-0.39, 0.29) is 24.0 Å². The van der Waals surface area contributed by atoms with Gasteiger partial charge in [0.1, 0.15) is 12.4 Å². The molecule has 2 fully saturated rings. The third kappa shape index (κ3) is 6.61. The van der Waals surface area contributed by atoms with Crippen molar-refractivity contribution in [3.8, 4) is 0 Å². The van der Waals surface area contributed by atoms with Crippen molar-refractivity contribution in [3.63, 3.8) is 0 Å². The molecule has 0 aromatic carbocycles. The number of hydrogen-bond acceptors (Lipinski definition) is 3. The second-order valence-electron chi connectivity index (χ2n) is 8.15. The largest absolute Gasteiger partial charge is 0.354 e. The second kappa shape index (κ2) is 11.2. The van der Waals surface area contributed by atoms with Gasteiger partial charge < -0.3 is 15.2 Å². The van der Waals surface area contributed by atoms with Crippen molar-refractivity contribution in [2.75, 3.05) is 0 Å². The monoisotopic (exact) mass is 488 g/mol. The van der Waals surface area contributed by atoms with Crippen molar-refractivity contribution < 1.29 is 0 Å². The van der Waals surface area contributed by atoms with Gasteiger partial charge in [0.05, 0.1) is 0 Å². The normalized spacial score (nSPS) is 24.3. The minimum Gasteiger partial charge on any atom is -0.354 e. The number of guanidine groups is 1. The molecule has 2 aliphatic carbocycles. The van der Waals surface area contributed by atoms with Crippen LogP contribution >= 0.6 is 24.0 Å². The molecule has 154 valence electrons. The average Bonchev–Trinajstić information content (AvgIpc) is 2.99. The number of aliphatic imine (C=N–C) groups is 1. The topological polar surface area (TPSA) is 67.1 Å². The summed E-state index contributed by atoms with van der Waals surface area (Å²) in [6, 6.07) is 1.10. The van der Waals surface area contributed by atoms with E-state index in [2.05, 4.69) is 27.8 Å². The van der Waals surface area contributed by atoms with E-state index in [0.29, 0.717) is 18.6 Å². The molecule has 27 heavy (non-hydrogen) atoms. The van der Waals surface area contributed by atoms with Crippen molar-refractivity contribution in [2.24, 2.45) is 18.0 Å². The molecule has 6 nitrogen and oxygen atoms in total. The molecule has 1 aromatic rings. The Kier molecular flexibility index (Phi) is 9.32. The van der Waals surface area contributed by atoms with Gasteiger partial charge in [0.25, 0.3) is 0 Å². The van der Waals surface area contributed by atoms with Crippen LogP contribution in [-0.4, -0.2) is 32.8 Å². The first-order valence-electron chi connectivity index (χ1n) is 10.6. The Balaban J connectivity index is 0.00000261. The first kappa shape index (κ1) is 22.4. The highest BCUT2D eigenvalue weighted by Gasteiger charge is 2.23. The van der Waals surface area contributed by atoms with E-state index in [9.17, 15) is 0 Å². The van der Waals surface area contributed by atoms with Crippen LogP contribution < -0.4 is 10.6 Å². The van der Waals surface area contributed by atoms with Gasteiger partial charge in [-0.1, -0.05) is 45.4 Å². The molecular weight excluding hydrogens is 451 g/mol. The van der Waals surface area contributed by atoms with E-state index in [1.807, 2.05) is 18.5 Å². The molecule has 2 saturated carbocycles. The Hall–Kier alpha value is -0.860. The van der Waals surface area contributed by atoms with Crippen LogP contribution in [0.2, 0.25) is 0 Å². The first-order valence-corrected chi connectivity index (χ1v) is 10.6. The van der Waals surface area contributed by atoms with Crippen LogP contribution in [0.25, 0.3) is 0 Å².